The van der Waals surface area contributed by atoms with Gasteiger partial charge in [-0.25, -0.2) is 0 Å². The Balaban J connectivity index is 2.95. The molecule has 1 aromatic carbocycles. The number of nitrogens with zero attached hydrogens (tertiary/aromatic N) is 1. The first kappa shape index (κ1) is 11.3. The monoisotopic (exact) mass is 201 g/mol. The summed E-state index contributed by atoms with van der Waals surface area (Å²) in [5.41, 5.74) is 3.73. The zero-order valence-corrected chi connectivity index (χ0v) is 9.10. The van der Waals surface area contributed by atoms with Crippen molar-refractivity contribution in [2.45, 2.75) is 19.9 Å². The highest BCUT2D eigenvalue weighted by Crippen LogP contribution is 2.19. The fourth-order valence-electron chi connectivity index (χ4n) is 1.47. The highest BCUT2D eigenvalue weighted by Gasteiger charge is 2.15. The molecule has 0 N–H and O–H groups in total. The second-order valence-electron chi connectivity index (χ2n) is 3.35. The van der Waals surface area contributed by atoms with Crippen LogP contribution < -0.4 is 0 Å². The Kier molecular flexibility index (Phi) is 3.90. The Labute approximate surface area is 90.5 Å². The second kappa shape index (κ2) is 5.18. The summed E-state index contributed by atoms with van der Waals surface area (Å²) in [6.45, 7) is 7.00. The largest absolute Gasteiger partial charge is 0.305 e. The molecule has 0 aliphatic carbocycles. The summed E-state index contributed by atoms with van der Waals surface area (Å²) in [6, 6.07) is 9.88. The van der Waals surface area contributed by atoms with E-state index in [1.165, 1.54) is 6.92 Å². The van der Waals surface area contributed by atoms with E-state index in [9.17, 15) is 4.79 Å². The van der Waals surface area contributed by atoms with Crippen LogP contribution in [0.2, 0.25) is 0 Å². The molecule has 0 aromatic heterocycles. The summed E-state index contributed by atoms with van der Waals surface area (Å²) in [4.78, 5) is 13.0. The average molecular weight is 201 g/mol. The minimum atomic E-state index is -0.0116. The fraction of sp³-hybridized carbons (Fsp3) is 0.231. The Morgan fingerprint density at radius 2 is 2.07 bits per heavy atom. The maximum atomic E-state index is 11.4. The lowest BCUT2D eigenvalue weighted by atomic mass is 10.1. The lowest BCUT2D eigenvalue weighted by molar-refractivity contribution is -0.127. The third-order valence-corrected chi connectivity index (χ3v) is 2.29. The van der Waals surface area contributed by atoms with Gasteiger partial charge in [-0.3, -0.25) is 4.79 Å². The van der Waals surface area contributed by atoms with Crippen LogP contribution >= 0.6 is 0 Å². The zero-order chi connectivity index (χ0) is 11.3. The van der Waals surface area contributed by atoms with Crippen molar-refractivity contribution in [2.75, 3.05) is 0 Å². The molecule has 0 spiro atoms. The third kappa shape index (κ3) is 2.83. The van der Waals surface area contributed by atoms with Crippen LogP contribution in [0.15, 0.2) is 48.8 Å². The Bertz CT molecular complexity index is 375. The summed E-state index contributed by atoms with van der Waals surface area (Å²) >= 11 is 0. The van der Waals surface area contributed by atoms with E-state index in [2.05, 4.69) is 12.3 Å². The van der Waals surface area contributed by atoms with Crippen molar-refractivity contribution in [3.05, 3.63) is 54.4 Å². The molecule has 15 heavy (non-hydrogen) atoms. The van der Waals surface area contributed by atoms with Gasteiger partial charge in [-0.15, -0.1) is 5.73 Å². The van der Waals surface area contributed by atoms with Gasteiger partial charge in [-0.2, -0.15) is 0 Å². The van der Waals surface area contributed by atoms with Crippen molar-refractivity contribution in [1.29, 1.82) is 0 Å². The van der Waals surface area contributed by atoms with Gasteiger partial charge in [0.25, 0.3) is 0 Å². The summed E-state index contributed by atoms with van der Waals surface area (Å²) in [7, 11) is 0. The maximum absolute atomic E-state index is 11.4. The molecule has 2 heteroatoms. The first-order valence-corrected chi connectivity index (χ1v) is 4.86. The van der Waals surface area contributed by atoms with E-state index in [0.717, 1.165) is 5.56 Å². The lowest BCUT2D eigenvalue weighted by Gasteiger charge is -2.24. The molecule has 0 heterocycles. The molecule has 1 amide bonds. The smallest absolute Gasteiger partial charge is 0.224 e. The van der Waals surface area contributed by atoms with Gasteiger partial charge < -0.3 is 4.90 Å². The van der Waals surface area contributed by atoms with Gasteiger partial charge in [0, 0.05) is 13.1 Å². The lowest BCUT2D eigenvalue weighted by Crippen LogP contribution is -2.25. The molecule has 0 radical (unpaired) electrons. The molecule has 0 aliphatic heterocycles. The molecule has 1 aromatic rings. The maximum Gasteiger partial charge on any atom is 0.224 e. The highest BCUT2D eigenvalue weighted by molar-refractivity contribution is 5.74. The van der Waals surface area contributed by atoms with E-state index in [-0.39, 0.29) is 11.9 Å². The quantitative estimate of drug-likeness (QED) is 0.688. The van der Waals surface area contributed by atoms with E-state index in [4.69, 9.17) is 0 Å². The first-order valence-electron chi connectivity index (χ1n) is 4.86. The van der Waals surface area contributed by atoms with E-state index in [1.54, 1.807) is 11.1 Å². The number of benzene rings is 1. The van der Waals surface area contributed by atoms with Crippen molar-refractivity contribution in [2.24, 2.45) is 0 Å². The van der Waals surface area contributed by atoms with Gasteiger partial charge in [0.1, 0.15) is 0 Å². The van der Waals surface area contributed by atoms with Gasteiger partial charge >= 0.3 is 0 Å². The van der Waals surface area contributed by atoms with Crippen molar-refractivity contribution in [3.63, 3.8) is 0 Å². The molecule has 2 nitrogen and oxygen atoms in total. The number of hydrogen-bond donors (Lipinski definition) is 0. The van der Waals surface area contributed by atoms with Crippen LogP contribution in [0, 0.1) is 0 Å². The van der Waals surface area contributed by atoms with Crippen LogP contribution in [-0.2, 0) is 4.79 Å². The minimum Gasteiger partial charge on any atom is -0.305 e. The molecule has 0 saturated heterocycles. The Hall–Kier alpha value is -1.79. The summed E-state index contributed by atoms with van der Waals surface area (Å²) in [5, 5.41) is 0. The van der Waals surface area contributed by atoms with E-state index < -0.39 is 0 Å². The molecule has 1 atom stereocenters. The van der Waals surface area contributed by atoms with Crippen LogP contribution in [0.1, 0.15) is 25.5 Å². The van der Waals surface area contributed by atoms with Crippen LogP contribution in [0.3, 0.4) is 0 Å². The van der Waals surface area contributed by atoms with E-state index in [0.29, 0.717) is 0 Å². The van der Waals surface area contributed by atoms with Crippen LogP contribution in [0.25, 0.3) is 0 Å². The standard InChI is InChI=1S/C13H15NO/c1-4-10-14(12(3)15)11(2)13-8-6-5-7-9-13/h5-11H,1H2,2-3H3/t11-/m0/s1. The topological polar surface area (TPSA) is 20.3 Å². The van der Waals surface area contributed by atoms with Crippen LogP contribution in [-0.4, -0.2) is 10.8 Å². The van der Waals surface area contributed by atoms with E-state index >= 15 is 0 Å². The predicted molar refractivity (Wildman–Crippen MR) is 61.1 cm³/mol. The summed E-state index contributed by atoms with van der Waals surface area (Å²) in [5.74, 6) is -0.0116. The SMILES string of the molecule is C=C=CN(C(C)=O)[C@@H](C)c1ccccc1. The van der Waals surface area contributed by atoms with Crippen molar-refractivity contribution < 1.29 is 4.79 Å². The van der Waals surface area contributed by atoms with Gasteiger partial charge in [0.05, 0.1) is 6.04 Å². The van der Waals surface area contributed by atoms with Crippen molar-refractivity contribution in [1.82, 2.24) is 4.90 Å². The molecule has 0 unspecified atom stereocenters. The van der Waals surface area contributed by atoms with Gasteiger partial charge in [0.2, 0.25) is 5.91 Å². The van der Waals surface area contributed by atoms with Gasteiger partial charge in [-0.1, -0.05) is 36.9 Å². The second-order valence-corrected chi connectivity index (χ2v) is 3.35. The first-order chi connectivity index (χ1) is 7.16. The third-order valence-electron chi connectivity index (χ3n) is 2.29. The molecule has 78 valence electrons. The summed E-state index contributed by atoms with van der Waals surface area (Å²) < 4.78 is 0. The number of hydrogen-bond acceptors (Lipinski definition) is 1. The Morgan fingerprint density at radius 3 is 2.53 bits per heavy atom. The number of rotatable bonds is 3. The number of amides is 1. The Morgan fingerprint density at radius 1 is 1.47 bits per heavy atom. The molecule has 0 fully saturated rings. The predicted octanol–water partition coefficient (Wildman–Crippen LogP) is 2.89. The van der Waals surface area contributed by atoms with Gasteiger partial charge in [0.15, 0.2) is 0 Å². The highest BCUT2D eigenvalue weighted by atomic mass is 16.2. The molecular formula is C13H15NO. The molecule has 0 bridgehead atoms. The number of carbonyl (C=O) groups excluding carboxylic acids is 1. The fourth-order valence-corrected chi connectivity index (χ4v) is 1.47. The van der Waals surface area contributed by atoms with Crippen LogP contribution in [0.5, 0.6) is 0 Å². The normalized spacial score (nSPS) is 11.3. The van der Waals surface area contributed by atoms with Crippen molar-refractivity contribution >= 4 is 5.91 Å². The molecular weight excluding hydrogens is 186 g/mol. The van der Waals surface area contributed by atoms with E-state index in [1.807, 2.05) is 37.3 Å². The summed E-state index contributed by atoms with van der Waals surface area (Å²) in [6.07, 6.45) is 1.58. The van der Waals surface area contributed by atoms with Crippen molar-refractivity contribution in [3.8, 4) is 0 Å². The molecule has 0 aliphatic rings. The molecule has 0 saturated carbocycles. The van der Waals surface area contributed by atoms with Gasteiger partial charge in [-0.05, 0) is 12.5 Å². The minimum absolute atomic E-state index is 0.0116. The zero-order valence-electron chi connectivity index (χ0n) is 9.10. The number of carbonyl (C=O) groups is 1. The average Bonchev–Trinajstić information content (AvgIpc) is 2.26. The molecule has 1 rings (SSSR count). The van der Waals surface area contributed by atoms with Crippen LogP contribution in [0.4, 0.5) is 0 Å².